The van der Waals surface area contributed by atoms with Crippen molar-refractivity contribution < 1.29 is 9.53 Å². The summed E-state index contributed by atoms with van der Waals surface area (Å²) in [5.74, 6) is 1.45. The fourth-order valence-electron chi connectivity index (χ4n) is 2.65. The lowest BCUT2D eigenvalue weighted by Gasteiger charge is -2.23. The van der Waals surface area contributed by atoms with Crippen LogP contribution in [0.3, 0.4) is 0 Å². The molecular weight excluding hydrogens is 240 g/mol. The van der Waals surface area contributed by atoms with E-state index in [1.54, 1.807) is 0 Å². The molecule has 0 radical (unpaired) electrons. The molecule has 2 rings (SSSR count). The van der Waals surface area contributed by atoms with E-state index >= 15 is 0 Å². The minimum atomic E-state index is -0.00247. The number of nitrogens with one attached hydrogen (secondary N) is 1. The predicted octanol–water partition coefficient (Wildman–Crippen LogP) is 2.00. The lowest BCUT2D eigenvalue weighted by Crippen LogP contribution is -2.37. The highest BCUT2D eigenvalue weighted by molar-refractivity contribution is 5.84. The summed E-state index contributed by atoms with van der Waals surface area (Å²) < 4.78 is 5.64. The summed E-state index contributed by atoms with van der Waals surface area (Å²) in [6.07, 6.45) is 4.80. The van der Waals surface area contributed by atoms with Gasteiger partial charge in [-0.05, 0) is 37.5 Å². The quantitative estimate of drug-likeness (QED) is 0.685. The van der Waals surface area contributed by atoms with E-state index in [1.807, 2.05) is 4.90 Å². The zero-order chi connectivity index (χ0) is 13.8. The second-order valence-electron chi connectivity index (χ2n) is 6.22. The molecule has 0 aromatic carbocycles. The van der Waals surface area contributed by atoms with Gasteiger partial charge in [0.2, 0.25) is 5.91 Å². The van der Waals surface area contributed by atoms with Crippen molar-refractivity contribution in [3.63, 3.8) is 0 Å². The molecule has 19 heavy (non-hydrogen) atoms. The van der Waals surface area contributed by atoms with Gasteiger partial charge in [0.1, 0.15) is 0 Å². The molecule has 2 atom stereocenters. The molecule has 2 fully saturated rings. The molecular formula is C15H28N2O2. The van der Waals surface area contributed by atoms with Crippen molar-refractivity contribution in [3.05, 3.63) is 0 Å². The maximum Gasteiger partial charge on any atom is 0.241 e. The van der Waals surface area contributed by atoms with E-state index in [4.69, 9.17) is 4.74 Å². The van der Waals surface area contributed by atoms with Crippen molar-refractivity contribution >= 4 is 5.91 Å². The average Bonchev–Trinajstić information content (AvgIpc) is 3.14. The van der Waals surface area contributed by atoms with Crippen molar-refractivity contribution in [1.82, 2.24) is 10.2 Å². The molecule has 1 heterocycles. The maximum absolute atomic E-state index is 12.3. The number of carbonyl (C=O) groups is 1. The average molecular weight is 268 g/mol. The Balaban J connectivity index is 1.71. The topological polar surface area (TPSA) is 41.6 Å². The van der Waals surface area contributed by atoms with Gasteiger partial charge in [0.05, 0.1) is 12.2 Å². The third-order valence-electron chi connectivity index (χ3n) is 4.09. The Bertz CT molecular complexity index is 303. The molecule has 1 saturated heterocycles. The Morgan fingerprint density at radius 1 is 1.42 bits per heavy atom. The Hall–Kier alpha value is -0.610. The number of hydrogen-bond donors (Lipinski definition) is 1. The highest BCUT2D eigenvalue weighted by Crippen LogP contribution is 2.28. The van der Waals surface area contributed by atoms with Crippen molar-refractivity contribution in [3.8, 4) is 0 Å². The van der Waals surface area contributed by atoms with Gasteiger partial charge < -0.3 is 9.64 Å². The summed E-state index contributed by atoms with van der Waals surface area (Å²) in [5, 5.41) is 3.44. The highest BCUT2D eigenvalue weighted by atomic mass is 16.5. The van der Waals surface area contributed by atoms with Crippen molar-refractivity contribution in [2.75, 3.05) is 19.8 Å². The SMILES string of the molecule is CCC1NC(C(C)C)C(=O)N1CCCOCC1CC1. The molecule has 0 aromatic heterocycles. The summed E-state index contributed by atoms with van der Waals surface area (Å²) in [6, 6.07) is -0.00247. The first-order valence-electron chi connectivity index (χ1n) is 7.77. The molecule has 1 saturated carbocycles. The van der Waals surface area contributed by atoms with E-state index in [2.05, 4.69) is 26.1 Å². The van der Waals surface area contributed by atoms with Gasteiger partial charge in [-0.3, -0.25) is 10.1 Å². The van der Waals surface area contributed by atoms with E-state index in [0.29, 0.717) is 5.92 Å². The van der Waals surface area contributed by atoms with Crippen LogP contribution in [0.1, 0.15) is 46.5 Å². The van der Waals surface area contributed by atoms with Crippen molar-refractivity contribution in [2.45, 2.75) is 58.7 Å². The maximum atomic E-state index is 12.3. The molecule has 4 nitrogen and oxygen atoms in total. The fraction of sp³-hybridized carbons (Fsp3) is 0.933. The molecule has 1 N–H and O–H groups in total. The molecule has 0 aromatic rings. The smallest absolute Gasteiger partial charge is 0.241 e. The summed E-state index contributed by atoms with van der Waals surface area (Å²) in [5.41, 5.74) is 0. The molecule has 2 aliphatic rings. The minimum absolute atomic E-state index is 0.00247. The molecule has 1 amide bonds. The Kier molecular flexibility index (Phi) is 5.22. The van der Waals surface area contributed by atoms with Crippen LogP contribution in [0.2, 0.25) is 0 Å². The number of ether oxygens (including phenoxy) is 1. The van der Waals surface area contributed by atoms with E-state index < -0.39 is 0 Å². The third kappa shape index (κ3) is 3.93. The van der Waals surface area contributed by atoms with Gasteiger partial charge in [0, 0.05) is 19.8 Å². The molecule has 0 bridgehead atoms. The number of rotatable bonds is 8. The van der Waals surface area contributed by atoms with Crippen molar-refractivity contribution in [1.29, 1.82) is 0 Å². The zero-order valence-electron chi connectivity index (χ0n) is 12.5. The van der Waals surface area contributed by atoms with Gasteiger partial charge in [-0.15, -0.1) is 0 Å². The minimum Gasteiger partial charge on any atom is -0.381 e. The summed E-state index contributed by atoms with van der Waals surface area (Å²) in [7, 11) is 0. The van der Waals surface area contributed by atoms with Crippen LogP contribution in [-0.4, -0.2) is 42.8 Å². The van der Waals surface area contributed by atoms with E-state index in [1.165, 1.54) is 12.8 Å². The van der Waals surface area contributed by atoms with Crippen LogP contribution in [0.4, 0.5) is 0 Å². The second kappa shape index (κ2) is 6.71. The normalized spacial score (nSPS) is 27.6. The lowest BCUT2D eigenvalue weighted by molar-refractivity contribution is -0.131. The highest BCUT2D eigenvalue weighted by Gasteiger charge is 2.38. The van der Waals surface area contributed by atoms with Crippen LogP contribution in [-0.2, 0) is 9.53 Å². The van der Waals surface area contributed by atoms with Gasteiger partial charge in [0.25, 0.3) is 0 Å². The molecule has 2 unspecified atom stereocenters. The van der Waals surface area contributed by atoms with E-state index in [0.717, 1.165) is 38.5 Å². The van der Waals surface area contributed by atoms with Gasteiger partial charge >= 0.3 is 0 Å². The first kappa shape index (κ1) is 14.8. The molecule has 4 heteroatoms. The predicted molar refractivity (Wildman–Crippen MR) is 75.7 cm³/mol. The third-order valence-corrected chi connectivity index (χ3v) is 4.09. The van der Waals surface area contributed by atoms with Crippen LogP contribution < -0.4 is 5.32 Å². The number of amides is 1. The summed E-state index contributed by atoms with van der Waals surface area (Å²) in [4.78, 5) is 14.3. The zero-order valence-corrected chi connectivity index (χ0v) is 12.5. The fourth-order valence-corrected chi connectivity index (χ4v) is 2.65. The van der Waals surface area contributed by atoms with Crippen LogP contribution >= 0.6 is 0 Å². The van der Waals surface area contributed by atoms with Gasteiger partial charge in [-0.25, -0.2) is 0 Å². The van der Waals surface area contributed by atoms with Crippen LogP contribution in [0.15, 0.2) is 0 Å². The number of hydrogen-bond acceptors (Lipinski definition) is 3. The molecule has 110 valence electrons. The monoisotopic (exact) mass is 268 g/mol. The van der Waals surface area contributed by atoms with Gasteiger partial charge in [-0.1, -0.05) is 20.8 Å². The van der Waals surface area contributed by atoms with Crippen LogP contribution in [0.5, 0.6) is 0 Å². The number of nitrogens with zero attached hydrogens (tertiary/aromatic N) is 1. The number of carbonyl (C=O) groups excluding carboxylic acids is 1. The van der Waals surface area contributed by atoms with E-state index in [9.17, 15) is 4.79 Å². The Morgan fingerprint density at radius 3 is 2.74 bits per heavy atom. The van der Waals surface area contributed by atoms with Crippen LogP contribution in [0, 0.1) is 11.8 Å². The Labute approximate surface area is 116 Å². The first-order chi connectivity index (χ1) is 9.13. The van der Waals surface area contributed by atoms with E-state index in [-0.39, 0.29) is 18.1 Å². The van der Waals surface area contributed by atoms with Gasteiger partial charge in [0.15, 0.2) is 0 Å². The molecule has 1 aliphatic carbocycles. The van der Waals surface area contributed by atoms with Crippen LogP contribution in [0.25, 0.3) is 0 Å². The summed E-state index contributed by atoms with van der Waals surface area (Å²) in [6.45, 7) is 8.85. The largest absolute Gasteiger partial charge is 0.381 e. The molecule has 0 spiro atoms. The van der Waals surface area contributed by atoms with Crippen molar-refractivity contribution in [2.24, 2.45) is 11.8 Å². The second-order valence-corrected chi connectivity index (χ2v) is 6.22. The first-order valence-corrected chi connectivity index (χ1v) is 7.77. The summed E-state index contributed by atoms with van der Waals surface area (Å²) >= 11 is 0. The van der Waals surface area contributed by atoms with Gasteiger partial charge in [-0.2, -0.15) is 0 Å². The molecule has 1 aliphatic heterocycles. The standard InChI is InChI=1S/C15H28N2O2/c1-4-13-16-14(11(2)3)15(18)17(13)8-5-9-19-10-12-6-7-12/h11-14,16H,4-10H2,1-3H3. The Morgan fingerprint density at radius 2 is 2.16 bits per heavy atom. The lowest BCUT2D eigenvalue weighted by atomic mass is 10.1.